The van der Waals surface area contributed by atoms with Crippen LogP contribution < -0.4 is 0 Å². The van der Waals surface area contributed by atoms with E-state index in [1.165, 1.54) is 12.5 Å². The molecular formula is C27H22N2O2S. The van der Waals surface area contributed by atoms with Gasteiger partial charge in [-0.3, -0.25) is 9.78 Å². The SMILES string of the molecule is Cc1ccc(S(C)(=O)=NC(=O)c2cncc(C#Cc3cccc4ccccc34)c2)cc1C. The third-order valence-electron chi connectivity index (χ3n) is 5.29. The van der Waals surface area contributed by atoms with Crippen molar-refractivity contribution >= 4 is 26.4 Å². The predicted octanol–water partition coefficient (Wildman–Crippen LogP) is 5.55. The molecule has 1 aromatic heterocycles. The van der Waals surface area contributed by atoms with E-state index in [2.05, 4.69) is 21.2 Å². The molecule has 0 aliphatic rings. The highest BCUT2D eigenvalue weighted by atomic mass is 32.2. The van der Waals surface area contributed by atoms with E-state index in [9.17, 15) is 9.00 Å². The molecule has 4 aromatic rings. The molecule has 4 rings (SSSR count). The van der Waals surface area contributed by atoms with Crippen molar-refractivity contribution in [2.45, 2.75) is 18.7 Å². The number of amides is 1. The van der Waals surface area contributed by atoms with Gasteiger partial charge >= 0.3 is 0 Å². The minimum absolute atomic E-state index is 0.258. The number of pyridine rings is 1. The Labute approximate surface area is 188 Å². The number of carbonyl (C=O) groups is 1. The largest absolute Gasteiger partial charge is 0.286 e. The fourth-order valence-corrected chi connectivity index (χ4v) is 4.56. The van der Waals surface area contributed by atoms with Crippen molar-refractivity contribution in [2.75, 3.05) is 6.26 Å². The van der Waals surface area contributed by atoms with Gasteiger partial charge in [-0.2, -0.15) is 4.36 Å². The first-order chi connectivity index (χ1) is 15.3. The van der Waals surface area contributed by atoms with Gasteiger partial charge in [-0.25, -0.2) is 4.21 Å². The molecule has 32 heavy (non-hydrogen) atoms. The summed E-state index contributed by atoms with van der Waals surface area (Å²) in [6.45, 7) is 3.92. The van der Waals surface area contributed by atoms with Crippen LogP contribution in [0.25, 0.3) is 10.8 Å². The number of aromatic nitrogens is 1. The van der Waals surface area contributed by atoms with Crippen molar-refractivity contribution in [1.82, 2.24) is 4.98 Å². The molecule has 0 bridgehead atoms. The number of nitrogens with zero attached hydrogens (tertiary/aromatic N) is 2. The van der Waals surface area contributed by atoms with Crippen LogP contribution in [0.2, 0.25) is 0 Å². The molecular weight excluding hydrogens is 416 g/mol. The molecule has 0 saturated heterocycles. The smallest absolute Gasteiger partial charge is 0.266 e. The fraction of sp³-hybridized carbons (Fsp3) is 0.111. The molecule has 4 nitrogen and oxygen atoms in total. The van der Waals surface area contributed by atoms with Gasteiger partial charge in [0.05, 0.1) is 15.3 Å². The van der Waals surface area contributed by atoms with Gasteiger partial charge in [0, 0.05) is 34.7 Å². The monoisotopic (exact) mass is 438 g/mol. The van der Waals surface area contributed by atoms with Crippen molar-refractivity contribution < 1.29 is 9.00 Å². The maximum absolute atomic E-state index is 13.1. The van der Waals surface area contributed by atoms with Crippen LogP contribution in [0.3, 0.4) is 0 Å². The molecule has 5 heteroatoms. The number of fused-ring (bicyclic) bond motifs is 1. The van der Waals surface area contributed by atoms with Crippen LogP contribution in [-0.2, 0) is 9.73 Å². The summed E-state index contributed by atoms with van der Waals surface area (Å²) in [7, 11) is -2.88. The third kappa shape index (κ3) is 4.61. The molecule has 0 N–H and O–H groups in total. The van der Waals surface area contributed by atoms with Gasteiger partial charge in [-0.05, 0) is 60.0 Å². The summed E-state index contributed by atoms with van der Waals surface area (Å²) >= 11 is 0. The van der Waals surface area contributed by atoms with E-state index in [0.717, 1.165) is 27.5 Å². The van der Waals surface area contributed by atoms with Gasteiger partial charge in [0.15, 0.2) is 0 Å². The molecule has 0 radical (unpaired) electrons. The van der Waals surface area contributed by atoms with Gasteiger partial charge in [-0.15, -0.1) is 0 Å². The number of carbonyl (C=O) groups excluding carboxylic acids is 1. The highest BCUT2D eigenvalue weighted by molar-refractivity contribution is 7.93. The highest BCUT2D eigenvalue weighted by Crippen LogP contribution is 2.19. The molecule has 1 heterocycles. The number of hydrogen-bond donors (Lipinski definition) is 0. The molecule has 158 valence electrons. The first-order valence-corrected chi connectivity index (χ1v) is 12.0. The van der Waals surface area contributed by atoms with Gasteiger partial charge in [-0.1, -0.05) is 54.3 Å². The van der Waals surface area contributed by atoms with Crippen molar-refractivity contribution in [1.29, 1.82) is 0 Å². The second kappa shape index (κ2) is 8.78. The lowest BCUT2D eigenvalue weighted by Crippen LogP contribution is -2.05. The third-order valence-corrected chi connectivity index (χ3v) is 6.93. The standard InChI is InChI=1S/C27H22N2O2S/c1-19-11-14-25(15-20(19)2)32(3,31)29-27(30)24-16-21(17-28-18-24)12-13-23-9-6-8-22-7-4-5-10-26(22)23/h4-11,14-18H,1-3H3. The Morgan fingerprint density at radius 3 is 2.50 bits per heavy atom. The topological polar surface area (TPSA) is 59.4 Å². The molecule has 0 aliphatic carbocycles. The van der Waals surface area contributed by atoms with Gasteiger partial charge in [0.25, 0.3) is 5.91 Å². The fourth-order valence-electron chi connectivity index (χ4n) is 3.31. The lowest BCUT2D eigenvalue weighted by atomic mass is 10.0. The Balaban J connectivity index is 1.65. The van der Waals surface area contributed by atoms with Crippen molar-refractivity contribution in [3.8, 4) is 11.8 Å². The van der Waals surface area contributed by atoms with Crippen molar-refractivity contribution in [2.24, 2.45) is 4.36 Å². The first-order valence-electron chi connectivity index (χ1n) is 10.1. The van der Waals surface area contributed by atoms with Crippen LogP contribution in [0.5, 0.6) is 0 Å². The zero-order valence-electron chi connectivity index (χ0n) is 18.1. The lowest BCUT2D eigenvalue weighted by molar-refractivity contribution is 0.100. The summed E-state index contributed by atoms with van der Waals surface area (Å²) in [5, 5.41) is 2.18. The molecule has 1 unspecified atom stereocenters. The van der Waals surface area contributed by atoms with Crippen LogP contribution >= 0.6 is 0 Å². The summed E-state index contributed by atoms with van der Waals surface area (Å²) in [5.41, 5.74) is 3.85. The summed E-state index contributed by atoms with van der Waals surface area (Å²) in [6, 6.07) is 21.1. The van der Waals surface area contributed by atoms with E-state index in [4.69, 9.17) is 0 Å². The number of benzene rings is 3. The Bertz CT molecular complexity index is 1530. The minimum atomic E-state index is -2.88. The van der Waals surface area contributed by atoms with Crippen molar-refractivity contribution in [3.63, 3.8) is 0 Å². The Kier molecular flexibility index (Phi) is 5.89. The van der Waals surface area contributed by atoms with Gasteiger partial charge < -0.3 is 0 Å². The maximum atomic E-state index is 13.1. The predicted molar refractivity (Wildman–Crippen MR) is 129 cm³/mol. The van der Waals surface area contributed by atoms with E-state index in [0.29, 0.717) is 10.5 Å². The van der Waals surface area contributed by atoms with Crippen LogP contribution in [0.1, 0.15) is 32.6 Å². The van der Waals surface area contributed by atoms with Gasteiger partial charge in [0.2, 0.25) is 0 Å². The summed E-state index contributed by atoms with van der Waals surface area (Å²) in [6.07, 6.45) is 4.50. The molecule has 0 fully saturated rings. The van der Waals surface area contributed by atoms with E-state index in [-0.39, 0.29) is 5.56 Å². The van der Waals surface area contributed by atoms with Crippen molar-refractivity contribution in [3.05, 3.63) is 107 Å². The van der Waals surface area contributed by atoms with Crippen LogP contribution in [0, 0.1) is 25.7 Å². The molecule has 0 spiro atoms. The molecule has 3 aromatic carbocycles. The molecule has 0 aliphatic heterocycles. The van der Waals surface area contributed by atoms with Crippen LogP contribution in [-0.4, -0.2) is 21.4 Å². The Morgan fingerprint density at radius 2 is 1.69 bits per heavy atom. The Morgan fingerprint density at radius 1 is 0.906 bits per heavy atom. The average Bonchev–Trinajstić information content (AvgIpc) is 2.79. The van der Waals surface area contributed by atoms with Crippen LogP contribution in [0.15, 0.2) is 88.4 Å². The zero-order chi connectivity index (χ0) is 22.7. The van der Waals surface area contributed by atoms with E-state index in [1.807, 2.05) is 68.4 Å². The second-order valence-electron chi connectivity index (χ2n) is 7.68. The zero-order valence-corrected chi connectivity index (χ0v) is 18.9. The molecule has 0 saturated carbocycles. The van der Waals surface area contributed by atoms with Gasteiger partial charge in [0.1, 0.15) is 0 Å². The lowest BCUT2D eigenvalue weighted by Gasteiger charge is -2.07. The second-order valence-corrected chi connectivity index (χ2v) is 9.94. The maximum Gasteiger partial charge on any atom is 0.286 e. The average molecular weight is 439 g/mol. The van der Waals surface area contributed by atoms with E-state index >= 15 is 0 Å². The number of aryl methyl sites for hydroxylation is 2. The first kappa shape index (κ1) is 21.5. The number of rotatable bonds is 2. The van der Waals surface area contributed by atoms with E-state index in [1.54, 1.807) is 18.3 Å². The minimum Gasteiger partial charge on any atom is -0.266 e. The molecule has 1 atom stereocenters. The summed E-state index contributed by atoms with van der Waals surface area (Å²) in [4.78, 5) is 17.4. The summed E-state index contributed by atoms with van der Waals surface area (Å²) < 4.78 is 17.1. The van der Waals surface area contributed by atoms with Crippen LogP contribution in [0.4, 0.5) is 0 Å². The normalized spacial score (nSPS) is 12.5. The number of hydrogen-bond acceptors (Lipinski definition) is 3. The highest BCUT2D eigenvalue weighted by Gasteiger charge is 2.13. The quantitative estimate of drug-likeness (QED) is 0.386. The van der Waals surface area contributed by atoms with E-state index < -0.39 is 15.6 Å². The molecule has 1 amide bonds. The summed E-state index contributed by atoms with van der Waals surface area (Å²) in [5.74, 6) is 5.67. The Hall–Kier alpha value is -3.75.